The molecule has 0 radical (unpaired) electrons. The fraction of sp³-hybridized carbons (Fsp3) is 0.154. The lowest BCUT2D eigenvalue weighted by Crippen LogP contribution is -1.95. The lowest BCUT2D eigenvalue weighted by atomic mass is 10.00. The van der Waals surface area contributed by atoms with Crippen molar-refractivity contribution < 1.29 is 4.74 Å². The van der Waals surface area contributed by atoms with Gasteiger partial charge in [-0.1, -0.05) is 46.9 Å². The average Bonchev–Trinajstić information content (AvgIpc) is 2.81. The Morgan fingerprint density at radius 3 is 2.28 bits per heavy atom. The molecule has 1 aliphatic rings. The van der Waals surface area contributed by atoms with Crippen LogP contribution in [-0.2, 0) is 18.0 Å². The highest BCUT2D eigenvalue weighted by molar-refractivity contribution is 6.35. The van der Waals surface area contributed by atoms with Crippen LogP contribution in [0, 0.1) is 0 Å². The smallest absolute Gasteiger partial charge is 0.139 e. The van der Waals surface area contributed by atoms with E-state index in [2.05, 4.69) is 4.98 Å². The van der Waals surface area contributed by atoms with Crippen LogP contribution in [0.15, 0.2) is 24.3 Å². The van der Waals surface area contributed by atoms with Gasteiger partial charge in [0.1, 0.15) is 10.3 Å². The van der Waals surface area contributed by atoms with Crippen LogP contribution in [0.2, 0.25) is 15.3 Å². The molecule has 1 aliphatic heterocycles. The maximum atomic E-state index is 6.20. The summed E-state index contributed by atoms with van der Waals surface area (Å²) in [6.45, 7) is 0.994. The summed E-state index contributed by atoms with van der Waals surface area (Å²) in [7, 11) is 0. The monoisotopic (exact) mass is 299 g/mol. The van der Waals surface area contributed by atoms with Gasteiger partial charge in [0.25, 0.3) is 0 Å². The van der Waals surface area contributed by atoms with Crippen molar-refractivity contribution in [1.82, 2.24) is 4.98 Å². The van der Waals surface area contributed by atoms with E-state index in [4.69, 9.17) is 39.5 Å². The molecule has 0 saturated heterocycles. The molecule has 1 aromatic heterocycles. The Balaban J connectivity index is 2.23. The van der Waals surface area contributed by atoms with E-state index in [0.717, 1.165) is 22.3 Å². The molecule has 0 bridgehead atoms. The summed E-state index contributed by atoms with van der Waals surface area (Å²) >= 11 is 18.2. The SMILES string of the molecule is Clc1ccc(-c2c(Cl)nc(Cl)c3c2COC3)cc1. The fourth-order valence-electron chi connectivity index (χ4n) is 2.08. The first-order chi connectivity index (χ1) is 8.66. The Morgan fingerprint density at radius 1 is 0.889 bits per heavy atom. The summed E-state index contributed by atoms with van der Waals surface area (Å²) < 4.78 is 5.43. The van der Waals surface area contributed by atoms with Crippen molar-refractivity contribution in [1.29, 1.82) is 0 Å². The first kappa shape index (κ1) is 12.2. The Morgan fingerprint density at radius 2 is 1.56 bits per heavy atom. The van der Waals surface area contributed by atoms with E-state index in [1.807, 2.05) is 24.3 Å². The topological polar surface area (TPSA) is 22.1 Å². The van der Waals surface area contributed by atoms with Crippen LogP contribution in [0.25, 0.3) is 11.1 Å². The molecule has 0 amide bonds. The number of hydrogen-bond donors (Lipinski definition) is 0. The number of nitrogens with zero attached hydrogens (tertiary/aromatic N) is 1. The summed E-state index contributed by atoms with van der Waals surface area (Å²) in [5.41, 5.74) is 3.79. The van der Waals surface area contributed by atoms with E-state index >= 15 is 0 Å². The van der Waals surface area contributed by atoms with Crippen LogP contribution < -0.4 is 0 Å². The molecule has 5 heteroatoms. The van der Waals surface area contributed by atoms with E-state index in [1.165, 1.54) is 0 Å². The second kappa shape index (κ2) is 4.71. The van der Waals surface area contributed by atoms with Gasteiger partial charge < -0.3 is 4.74 Å². The molecule has 0 N–H and O–H groups in total. The number of ether oxygens (including phenoxy) is 1. The lowest BCUT2D eigenvalue weighted by Gasteiger charge is -2.10. The molecule has 2 heterocycles. The van der Waals surface area contributed by atoms with Crippen LogP contribution in [-0.4, -0.2) is 4.98 Å². The minimum atomic E-state index is 0.395. The molecule has 0 aliphatic carbocycles. The summed E-state index contributed by atoms with van der Waals surface area (Å²) in [5, 5.41) is 1.50. The van der Waals surface area contributed by atoms with Crippen molar-refractivity contribution in [3.05, 3.63) is 50.7 Å². The summed E-state index contributed by atoms with van der Waals surface area (Å²) in [5.74, 6) is 0. The van der Waals surface area contributed by atoms with E-state index in [-0.39, 0.29) is 0 Å². The fourth-order valence-corrected chi connectivity index (χ4v) is 2.81. The summed E-state index contributed by atoms with van der Waals surface area (Å²) in [6, 6.07) is 7.48. The van der Waals surface area contributed by atoms with Crippen LogP contribution >= 0.6 is 34.8 Å². The van der Waals surface area contributed by atoms with Crippen molar-refractivity contribution in [2.24, 2.45) is 0 Å². The maximum Gasteiger partial charge on any atom is 0.139 e. The van der Waals surface area contributed by atoms with Crippen molar-refractivity contribution in [3.63, 3.8) is 0 Å². The maximum absolute atomic E-state index is 6.20. The number of halogens is 3. The first-order valence-corrected chi connectivity index (χ1v) is 6.50. The summed E-state index contributed by atoms with van der Waals surface area (Å²) in [4.78, 5) is 4.16. The molecule has 0 saturated carbocycles. The van der Waals surface area contributed by atoms with Crippen LogP contribution in [0.3, 0.4) is 0 Å². The quantitative estimate of drug-likeness (QED) is 0.710. The van der Waals surface area contributed by atoms with Gasteiger partial charge >= 0.3 is 0 Å². The third kappa shape index (κ3) is 1.99. The normalized spacial score (nSPS) is 13.7. The van der Waals surface area contributed by atoms with E-state index < -0.39 is 0 Å². The van der Waals surface area contributed by atoms with Gasteiger partial charge in [-0.3, -0.25) is 0 Å². The van der Waals surface area contributed by atoms with Crippen molar-refractivity contribution in [3.8, 4) is 11.1 Å². The highest BCUT2D eigenvalue weighted by Crippen LogP contribution is 2.38. The van der Waals surface area contributed by atoms with Gasteiger partial charge in [0.15, 0.2) is 0 Å². The van der Waals surface area contributed by atoms with Crippen molar-refractivity contribution in [2.75, 3.05) is 0 Å². The van der Waals surface area contributed by atoms with Gasteiger partial charge in [0, 0.05) is 16.1 Å². The van der Waals surface area contributed by atoms with E-state index in [0.29, 0.717) is 28.5 Å². The highest BCUT2D eigenvalue weighted by atomic mass is 35.5. The molecule has 0 unspecified atom stereocenters. The standard InChI is InChI=1S/C13H8Cl3NO/c14-8-3-1-7(2-4-8)11-9-5-18-6-10(9)12(15)17-13(11)16/h1-4H,5-6H2. The number of benzene rings is 1. The minimum absolute atomic E-state index is 0.395. The van der Waals surface area contributed by atoms with Gasteiger partial charge in [-0.15, -0.1) is 0 Å². The molecule has 2 nitrogen and oxygen atoms in total. The average molecular weight is 301 g/mol. The zero-order valence-corrected chi connectivity index (χ0v) is 11.5. The minimum Gasteiger partial charge on any atom is -0.372 e. The largest absolute Gasteiger partial charge is 0.372 e. The lowest BCUT2D eigenvalue weighted by molar-refractivity contribution is 0.134. The number of fused-ring (bicyclic) bond motifs is 1. The molecule has 3 rings (SSSR count). The second-order valence-electron chi connectivity index (χ2n) is 4.03. The molecule has 0 spiro atoms. The molecular weight excluding hydrogens is 293 g/mol. The second-order valence-corrected chi connectivity index (χ2v) is 5.18. The predicted octanol–water partition coefficient (Wildman–Crippen LogP) is 4.74. The first-order valence-electron chi connectivity index (χ1n) is 5.37. The van der Waals surface area contributed by atoms with Crippen molar-refractivity contribution in [2.45, 2.75) is 13.2 Å². The zero-order chi connectivity index (χ0) is 12.7. The van der Waals surface area contributed by atoms with Crippen LogP contribution in [0.1, 0.15) is 11.1 Å². The molecule has 1 aromatic carbocycles. The van der Waals surface area contributed by atoms with E-state index in [1.54, 1.807) is 0 Å². The number of aromatic nitrogens is 1. The highest BCUT2D eigenvalue weighted by Gasteiger charge is 2.23. The number of rotatable bonds is 1. The third-order valence-corrected chi connectivity index (χ3v) is 3.78. The Kier molecular flexibility index (Phi) is 3.20. The van der Waals surface area contributed by atoms with E-state index in [9.17, 15) is 0 Å². The van der Waals surface area contributed by atoms with Crippen LogP contribution in [0.5, 0.6) is 0 Å². The molecule has 92 valence electrons. The summed E-state index contributed by atoms with van der Waals surface area (Å²) in [6.07, 6.45) is 0. The Bertz CT molecular complexity index is 611. The Labute approximate surface area is 119 Å². The third-order valence-electron chi connectivity index (χ3n) is 2.94. The van der Waals surface area contributed by atoms with Crippen LogP contribution in [0.4, 0.5) is 0 Å². The molecule has 18 heavy (non-hydrogen) atoms. The molecular formula is C13H8Cl3NO. The Hall–Kier alpha value is -0.800. The van der Waals surface area contributed by atoms with Crippen molar-refractivity contribution >= 4 is 34.8 Å². The zero-order valence-electron chi connectivity index (χ0n) is 9.21. The van der Waals surface area contributed by atoms with Gasteiger partial charge in [-0.2, -0.15) is 0 Å². The number of pyridine rings is 1. The number of hydrogen-bond acceptors (Lipinski definition) is 2. The molecule has 0 atom stereocenters. The predicted molar refractivity (Wildman–Crippen MR) is 73.2 cm³/mol. The van der Waals surface area contributed by atoms with Gasteiger partial charge in [-0.25, -0.2) is 4.98 Å². The molecule has 2 aromatic rings. The van der Waals surface area contributed by atoms with Gasteiger partial charge in [0.2, 0.25) is 0 Å². The van der Waals surface area contributed by atoms with Gasteiger partial charge in [-0.05, 0) is 23.3 Å². The molecule has 0 fully saturated rings. The van der Waals surface area contributed by atoms with Gasteiger partial charge in [0.05, 0.1) is 13.2 Å².